The molecule has 1 heterocycles. The Bertz CT molecular complexity index is 697. The Balaban J connectivity index is 2.03. The highest BCUT2D eigenvalue weighted by Crippen LogP contribution is 2.34. The number of hydrogen-bond acceptors (Lipinski definition) is 2. The van der Waals surface area contributed by atoms with Crippen molar-refractivity contribution in [3.63, 3.8) is 0 Å². The molecule has 4 heteroatoms. The lowest BCUT2D eigenvalue weighted by Gasteiger charge is -2.19. The topological polar surface area (TPSA) is 29.5 Å². The van der Waals surface area contributed by atoms with Gasteiger partial charge in [0.25, 0.3) is 5.91 Å². The Morgan fingerprint density at radius 3 is 2.80 bits per heavy atom. The third kappa shape index (κ3) is 2.00. The fraction of sp³-hybridized carbons (Fsp3) is 0.188. The number of carbonyl (C=O) groups excluding carboxylic acids is 1. The highest BCUT2D eigenvalue weighted by atomic mass is 79.9. The zero-order chi connectivity index (χ0) is 14.3. The predicted molar refractivity (Wildman–Crippen MR) is 82.4 cm³/mol. The van der Waals surface area contributed by atoms with Crippen molar-refractivity contribution in [1.29, 1.82) is 0 Å². The van der Waals surface area contributed by atoms with Crippen molar-refractivity contribution >= 4 is 27.5 Å². The lowest BCUT2D eigenvalue weighted by atomic mass is 10.1. The summed E-state index contributed by atoms with van der Waals surface area (Å²) in [7, 11) is 1.61. The van der Waals surface area contributed by atoms with Crippen molar-refractivity contribution in [1.82, 2.24) is 0 Å². The van der Waals surface area contributed by atoms with Crippen LogP contribution < -0.4 is 9.64 Å². The minimum atomic E-state index is 0.0279. The molecule has 2 aromatic carbocycles. The lowest BCUT2D eigenvalue weighted by Crippen LogP contribution is -2.23. The van der Waals surface area contributed by atoms with Crippen molar-refractivity contribution in [2.75, 3.05) is 12.0 Å². The monoisotopic (exact) mass is 331 g/mol. The third-order valence-corrected chi connectivity index (χ3v) is 4.51. The Hall–Kier alpha value is -1.81. The molecule has 20 heavy (non-hydrogen) atoms. The first-order valence-electron chi connectivity index (χ1n) is 6.35. The molecule has 0 aliphatic carbocycles. The van der Waals surface area contributed by atoms with Crippen LogP contribution in [-0.2, 0) is 6.54 Å². The summed E-state index contributed by atoms with van der Waals surface area (Å²) >= 11 is 3.51. The van der Waals surface area contributed by atoms with E-state index in [1.807, 2.05) is 48.2 Å². The van der Waals surface area contributed by atoms with Gasteiger partial charge < -0.3 is 9.64 Å². The van der Waals surface area contributed by atoms with Crippen LogP contribution in [0.5, 0.6) is 5.75 Å². The van der Waals surface area contributed by atoms with Crippen LogP contribution >= 0.6 is 15.9 Å². The van der Waals surface area contributed by atoms with Gasteiger partial charge in [-0.3, -0.25) is 4.79 Å². The van der Waals surface area contributed by atoms with E-state index >= 15 is 0 Å². The van der Waals surface area contributed by atoms with Crippen LogP contribution in [0.4, 0.5) is 5.69 Å². The maximum Gasteiger partial charge on any atom is 0.259 e. The molecule has 0 N–H and O–H groups in total. The molecule has 0 aromatic heterocycles. The van der Waals surface area contributed by atoms with Crippen LogP contribution in [0.15, 0.2) is 40.9 Å². The molecule has 0 saturated heterocycles. The van der Waals surface area contributed by atoms with Gasteiger partial charge >= 0.3 is 0 Å². The molecule has 3 rings (SSSR count). The lowest BCUT2D eigenvalue weighted by molar-refractivity contribution is 0.0996. The van der Waals surface area contributed by atoms with Crippen LogP contribution in [0.1, 0.15) is 21.5 Å². The first-order chi connectivity index (χ1) is 9.61. The second-order valence-corrected chi connectivity index (χ2v) is 5.65. The number of nitrogens with zero attached hydrogens (tertiary/aromatic N) is 1. The molecular weight excluding hydrogens is 318 g/mol. The van der Waals surface area contributed by atoms with E-state index in [1.165, 1.54) is 0 Å². The minimum absolute atomic E-state index is 0.0279. The molecule has 0 bridgehead atoms. The molecule has 0 radical (unpaired) electrons. The highest BCUT2D eigenvalue weighted by Gasteiger charge is 2.29. The largest absolute Gasteiger partial charge is 0.497 e. The summed E-state index contributed by atoms with van der Waals surface area (Å²) < 4.78 is 6.20. The van der Waals surface area contributed by atoms with Crippen molar-refractivity contribution in [2.24, 2.45) is 0 Å². The second-order valence-electron chi connectivity index (χ2n) is 4.80. The number of benzene rings is 2. The predicted octanol–water partition coefficient (Wildman–Crippen LogP) is 3.93. The van der Waals surface area contributed by atoms with Gasteiger partial charge in [0.2, 0.25) is 0 Å². The number of fused-ring (bicyclic) bond motifs is 1. The van der Waals surface area contributed by atoms with Gasteiger partial charge in [-0.1, -0.05) is 28.1 Å². The normalized spacial score (nSPS) is 13.6. The summed E-state index contributed by atoms with van der Waals surface area (Å²) in [4.78, 5) is 14.4. The van der Waals surface area contributed by atoms with E-state index in [1.54, 1.807) is 7.11 Å². The van der Waals surface area contributed by atoms with Gasteiger partial charge in [0, 0.05) is 15.7 Å². The molecule has 0 spiro atoms. The van der Waals surface area contributed by atoms with E-state index in [0.717, 1.165) is 26.9 Å². The Labute approximate surface area is 126 Å². The number of hydrogen-bond donors (Lipinski definition) is 0. The minimum Gasteiger partial charge on any atom is -0.497 e. The molecule has 2 aromatic rings. The number of amides is 1. The summed E-state index contributed by atoms with van der Waals surface area (Å²) in [6.45, 7) is 2.62. The smallest absolute Gasteiger partial charge is 0.259 e. The number of anilines is 1. The van der Waals surface area contributed by atoms with Gasteiger partial charge in [-0.15, -0.1) is 0 Å². The summed E-state index contributed by atoms with van der Waals surface area (Å²) in [6, 6.07) is 11.6. The molecule has 1 aliphatic heterocycles. The van der Waals surface area contributed by atoms with Crippen molar-refractivity contribution < 1.29 is 9.53 Å². The molecule has 0 atom stereocenters. The number of rotatable bonds is 2. The fourth-order valence-corrected chi connectivity index (χ4v) is 2.85. The average Bonchev–Trinajstić information content (AvgIpc) is 2.78. The standard InChI is InChI=1S/C16H14BrNO2/c1-10-14(17)4-3-5-15(10)18-9-11-6-7-12(20-2)8-13(11)16(18)19/h3-8H,9H2,1-2H3. The van der Waals surface area contributed by atoms with Crippen LogP contribution in [0.25, 0.3) is 0 Å². The Kier molecular flexibility index (Phi) is 3.26. The van der Waals surface area contributed by atoms with Gasteiger partial charge in [-0.2, -0.15) is 0 Å². The summed E-state index contributed by atoms with van der Waals surface area (Å²) in [6.07, 6.45) is 0. The molecule has 0 fully saturated rings. The first kappa shape index (κ1) is 13.2. The van der Waals surface area contributed by atoms with Crippen LogP contribution in [0, 0.1) is 6.92 Å². The quantitative estimate of drug-likeness (QED) is 0.834. The maximum atomic E-state index is 12.6. The average molecular weight is 332 g/mol. The molecule has 102 valence electrons. The molecule has 3 nitrogen and oxygen atoms in total. The van der Waals surface area contributed by atoms with Crippen molar-refractivity contribution in [3.05, 3.63) is 57.6 Å². The highest BCUT2D eigenvalue weighted by molar-refractivity contribution is 9.10. The van der Waals surface area contributed by atoms with Crippen molar-refractivity contribution in [3.8, 4) is 5.75 Å². The molecule has 1 aliphatic rings. The maximum absolute atomic E-state index is 12.6. The molecule has 1 amide bonds. The number of carbonyl (C=O) groups is 1. The number of halogens is 1. The Morgan fingerprint density at radius 2 is 2.05 bits per heavy atom. The SMILES string of the molecule is COc1ccc2c(c1)C(=O)N(c1cccc(Br)c1C)C2. The summed E-state index contributed by atoms with van der Waals surface area (Å²) in [5.74, 6) is 0.741. The van der Waals surface area contributed by atoms with E-state index in [-0.39, 0.29) is 5.91 Å². The zero-order valence-electron chi connectivity index (χ0n) is 11.3. The molecule has 0 unspecified atom stereocenters. The number of methoxy groups -OCH3 is 1. The number of ether oxygens (including phenoxy) is 1. The van der Waals surface area contributed by atoms with Gasteiger partial charge in [-0.05, 0) is 42.3 Å². The van der Waals surface area contributed by atoms with Crippen LogP contribution in [0.3, 0.4) is 0 Å². The first-order valence-corrected chi connectivity index (χ1v) is 7.15. The van der Waals surface area contributed by atoms with Gasteiger partial charge in [-0.25, -0.2) is 0 Å². The van der Waals surface area contributed by atoms with E-state index in [2.05, 4.69) is 15.9 Å². The molecule has 0 saturated carbocycles. The van der Waals surface area contributed by atoms with Crippen LogP contribution in [0.2, 0.25) is 0 Å². The second kappa shape index (κ2) is 4.94. The Morgan fingerprint density at radius 1 is 1.25 bits per heavy atom. The zero-order valence-corrected chi connectivity index (χ0v) is 12.9. The van der Waals surface area contributed by atoms with E-state index in [0.29, 0.717) is 12.3 Å². The van der Waals surface area contributed by atoms with Crippen molar-refractivity contribution in [2.45, 2.75) is 13.5 Å². The molecular formula is C16H14BrNO2. The van der Waals surface area contributed by atoms with Crippen LogP contribution in [-0.4, -0.2) is 13.0 Å². The third-order valence-electron chi connectivity index (χ3n) is 3.65. The van der Waals surface area contributed by atoms with Gasteiger partial charge in [0.15, 0.2) is 0 Å². The van der Waals surface area contributed by atoms with E-state index in [4.69, 9.17) is 4.74 Å². The fourth-order valence-electron chi connectivity index (χ4n) is 2.49. The van der Waals surface area contributed by atoms with Gasteiger partial charge in [0.05, 0.1) is 13.7 Å². The van der Waals surface area contributed by atoms with Gasteiger partial charge in [0.1, 0.15) is 5.75 Å². The summed E-state index contributed by atoms with van der Waals surface area (Å²) in [5, 5.41) is 0. The summed E-state index contributed by atoms with van der Waals surface area (Å²) in [5.41, 5.74) is 3.78. The van der Waals surface area contributed by atoms with E-state index < -0.39 is 0 Å². The van der Waals surface area contributed by atoms with E-state index in [9.17, 15) is 4.79 Å².